The summed E-state index contributed by atoms with van der Waals surface area (Å²) in [5.41, 5.74) is 5.47. The molecular weight excluding hydrogens is 680 g/mol. The predicted octanol–water partition coefficient (Wildman–Crippen LogP) is 8.24. The fourth-order valence-corrected chi connectivity index (χ4v) is 1.33. The summed E-state index contributed by atoms with van der Waals surface area (Å²) >= 11 is 9.14. The van der Waals surface area contributed by atoms with Crippen LogP contribution >= 0.6 is 71.7 Å². The molecule has 2 aromatic rings. The number of rotatable bonds is 0. The molecule has 2 rings (SSSR count). The van der Waals surface area contributed by atoms with Gasteiger partial charge in [0.1, 0.15) is 0 Å². The summed E-state index contributed by atoms with van der Waals surface area (Å²) in [6.07, 6.45) is 4.08. The van der Waals surface area contributed by atoms with Crippen LogP contribution < -0.4 is 0 Å². The SMILES string of the molecule is CSC.Cc1ccccc1C.Cc1ccccc1C.[I][V]([I])[I]. The summed E-state index contributed by atoms with van der Waals surface area (Å²) in [5, 5.41) is 0. The average molecular weight is 706 g/mol. The van der Waals surface area contributed by atoms with Crippen molar-refractivity contribution in [3.05, 3.63) is 70.8 Å². The Labute approximate surface area is 185 Å². The van der Waals surface area contributed by atoms with Crippen LogP contribution in [-0.4, -0.2) is 12.5 Å². The van der Waals surface area contributed by atoms with E-state index in [0.29, 0.717) is 0 Å². The number of thioether (sulfide) groups is 1. The van der Waals surface area contributed by atoms with Crippen LogP contribution in [-0.2, 0) is 4.92 Å². The summed E-state index contributed by atoms with van der Waals surface area (Å²) in [6.45, 7) is 8.48. The molecule has 0 atom stereocenters. The molecule has 130 valence electrons. The predicted molar refractivity (Wildman–Crippen MR) is 133 cm³/mol. The number of aryl methyl sites for hydroxylation is 4. The molecule has 0 aromatic heterocycles. The Morgan fingerprint density at radius 1 is 0.609 bits per heavy atom. The molecule has 0 fully saturated rings. The van der Waals surface area contributed by atoms with Gasteiger partial charge in [-0.3, -0.25) is 0 Å². The summed E-state index contributed by atoms with van der Waals surface area (Å²) in [6, 6.07) is 16.7. The Morgan fingerprint density at radius 3 is 0.826 bits per heavy atom. The van der Waals surface area contributed by atoms with Crippen LogP contribution in [0.5, 0.6) is 0 Å². The van der Waals surface area contributed by atoms with Gasteiger partial charge >= 0.3 is 64.9 Å². The molecule has 0 radical (unpaired) electrons. The van der Waals surface area contributed by atoms with Crippen LogP contribution in [0, 0.1) is 27.7 Å². The van der Waals surface area contributed by atoms with Crippen molar-refractivity contribution in [2.75, 3.05) is 12.5 Å². The first-order valence-corrected chi connectivity index (χ1v) is 22.1. The molecule has 23 heavy (non-hydrogen) atoms. The summed E-state index contributed by atoms with van der Waals surface area (Å²) in [5.74, 6) is 0. The molecular formula is C18H26I3SV. The second kappa shape index (κ2) is 18.4. The fourth-order valence-electron chi connectivity index (χ4n) is 1.33. The third kappa shape index (κ3) is 19.7. The Morgan fingerprint density at radius 2 is 0.739 bits per heavy atom. The van der Waals surface area contributed by atoms with Crippen molar-refractivity contribution in [3.63, 3.8) is 0 Å². The van der Waals surface area contributed by atoms with Gasteiger partial charge in [0.25, 0.3) is 0 Å². The maximum atomic E-state index is 2.46. The van der Waals surface area contributed by atoms with E-state index in [1.807, 2.05) is 12.5 Å². The van der Waals surface area contributed by atoms with Gasteiger partial charge in [0.2, 0.25) is 0 Å². The van der Waals surface area contributed by atoms with Crippen molar-refractivity contribution >= 4 is 71.7 Å². The Bertz CT molecular complexity index is 431. The van der Waals surface area contributed by atoms with Crippen LogP contribution in [0.1, 0.15) is 22.3 Å². The topological polar surface area (TPSA) is 0 Å². The van der Waals surface area contributed by atoms with E-state index in [0.717, 1.165) is 0 Å². The average Bonchev–Trinajstić information content (AvgIpc) is 2.46. The molecule has 0 spiro atoms. The molecule has 0 saturated carbocycles. The van der Waals surface area contributed by atoms with Crippen LogP contribution in [0.3, 0.4) is 0 Å². The van der Waals surface area contributed by atoms with Gasteiger partial charge in [-0.1, -0.05) is 48.5 Å². The van der Waals surface area contributed by atoms with Crippen LogP contribution in [0.15, 0.2) is 48.5 Å². The first kappa shape index (κ1) is 26.8. The molecule has 2 aromatic carbocycles. The molecule has 0 nitrogen and oxygen atoms in total. The van der Waals surface area contributed by atoms with E-state index in [1.54, 1.807) is 11.8 Å². The van der Waals surface area contributed by atoms with Gasteiger partial charge in [-0.25, -0.2) is 0 Å². The number of hydrogen-bond acceptors (Lipinski definition) is 1. The Balaban J connectivity index is 0. The van der Waals surface area contributed by atoms with Gasteiger partial charge in [0, 0.05) is 0 Å². The van der Waals surface area contributed by atoms with E-state index >= 15 is 0 Å². The molecule has 5 heteroatoms. The number of hydrogen-bond donors (Lipinski definition) is 0. The van der Waals surface area contributed by atoms with Gasteiger partial charge in [0.15, 0.2) is 0 Å². The standard InChI is InChI=1S/2C8H10.C2H6S.3HI.V/c2*1-7-5-3-4-6-8(7)2;1-3-2;;;;/h2*3-6H,1-2H3;1-2H3;3*1H;/q;;;;;;+3/p-3. The summed E-state index contributed by atoms with van der Waals surface area (Å²) in [7, 11) is 0. The van der Waals surface area contributed by atoms with E-state index in [-0.39, 0.29) is 4.92 Å². The minimum absolute atomic E-state index is 0.278. The van der Waals surface area contributed by atoms with Crippen LogP contribution in [0.4, 0.5) is 0 Å². The zero-order valence-corrected chi connectivity index (χ0v) is 23.3. The monoisotopic (exact) mass is 706 g/mol. The van der Waals surface area contributed by atoms with Crippen LogP contribution in [0.2, 0.25) is 0 Å². The molecule has 0 aliphatic heterocycles. The van der Waals surface area contributed by atoms with E-state index in [2.05, 4.69) is 136 Å². The van der Waals surface area contributed by atoms with E-state index in [9.17, 15) is 0 Å². The molecule has 0 amide bonds. The number of benzene rings is 2. The normalized spacial score (nSPS) is 8.78. The van der Waals surface area contributed by atoms with Crippen molar-refractivity contribution in [2.45, 2.75) is 27.7 Å². The maximum absolute atomic E-state index is 2.46. The third-order valence-electron chi connectivity index (χ3n) is 2.85. The quantitative estimate of drug-likeness (QED) is 0.249. The van der Waals surface area contributed by atoms with Gasteiger partial charge < -0.3 is 0 Å². The molecule has 0 heterocycles. The van der Waals surface area contributed by atoms with Gasteiger partial charge in [-0.05, 0) is 62.5 Å². The minimum atomic E-state index is -0.278. The van der Waals surface area contributed by atoms with Crippen molar-refractivity contribution < 1.29 is 4.92 Å². The van der Waals surface area contributed by atoms with Crippen molar-refractivity contribution in [1.29, 1.82) is 0 Å². The van der Waals surface area contributed by atoms with Gasteiger partial charge in [-0.2, -0.15) is 11.8 Å². The molecule has 0 N–H and O–H groups in total. The zero-order chi connectivity index (χ0) is 18.3. The number of halogens is 3. The molecule has 0 aliphatic carbocycles. The molecule has 0 unspecified atom stereocenters. The molecule has 0 aliphatic rings. The van der Waals surface area contributed by atoms with Crippen LogP contribution in [0.25, 0.3) is 0 Å². The van der Waals surface area contributed by atoms with E-state index in [1.165, 1.54) is 22.3 Å². The third-order valence-corrected chi connectivity index (χ3v) is 2.85. The van der Waals surface area contributed by atoms with Gasteiger partial charge in [0.05, 0.1) is 0 Å². The van der Waals surface area contributed by atoms with Crippen molar-refractivity contribution in [2.24, 2.45) is 0 Å². The summed E-state index contributed by atoms with van der Waals surface area (Å²) in [4.78, 5) is -0.278. The molecule has 0 saturated heterocycles. The van der Waals surface area contributed by atoms with E-state index < -0.39 is 0 Å². The molecule has 0 bridgehead atoms. The first-order chi connectivity index (χ1) is 10.8. The summed E-state index contributed by atoms with van der Waals surface area (Å²) < 4.78 is 0. The zero-order valence-electron chi connectivity index (χ0n) is 14.6. The first-order valence-electron chi connectivity index (χ1n) is 6.98. The Kier molecular flexibility index (Phi) is 21.4. The second-order valence-corrected chi connectivity index (χ2v) is 41.0. The second-order valence-electron chi connectivity index (χ2n) is 4.77. The fraction of sp³-hybridized carbons (Fsp3) is 0.333. The van der Waals surface area contributed by atoms with Crippen molar-refractivity contribution in [3.8, 4) is 0 Å². The van der Waals surface area contributed by atoms with Crippen molar-refractivity contribution in [1.82, 2.24) is 0 Å². The Hall–Kier alpha value is 1.56. The van der Waals surface area contributed by atoms with E-state index in [4.69, 9.17) is 0 Å². The van der Waals surface area contributed by atoms with Gasteiger partial charge in [-0.15, -0.1) is 0 Å².